The molecule has 0 spiro atoms. The molecule has 1 heterocycles. The molecule has 0 fully saturated rings. The number of rotatable bonds is 7. The summed E-state index contributed by atoms with van der Waals surface area (Å²) in [6.07, 6.45) is 5.71. The van der Waals surface area contributed by atoms with E-state index in [9.17, 15) is 0 Å². The number of aromatic nitrogens is 1. The van der Waals surface area contributed by atoms with Crippen molar-refractivity contribution in [2.24, 2.45) is 0 Å². The normalized spacial score (nSPS) is 10.2. The highest BCUT2D eigenvalue weighted by Crippen LogP contribution is 2.33. The molecule has 0 unspecified atom stereocenters. The Bertz CT molecular complexity index is 1150. The summed E-state index contributed by atoms with van der Waals surface area (Å²) in [5.41, 5.74) is 4.68. The molecule has 3 aromatic carbocycles. The minimum Gasteiger partial charge on any atom is -0.473 e. The zero-order chi connectivity index (χ0) is 20.6. The van der Waals surface area contributed by atoms with Crippen LogP contribution in [0, 0.1) is 12.3 Å². The molecule has 0 saturated heterocycles. The Hall–Kier alpha value is -4.03. The van der Waals surface area contributed by atoms with Gasteiger partial charge in [0.25, 0.3) is 0 Å². The molecule has 0 aliphatic rings. The number of pyridine rings is 1. The molecule has 30 heavy (non-hydrogen) atoms. The summed E-state index contributed by atoms with van der Waals surface area (Å²) in [4.78, 5) is 4.64. The van der Waals surface area contributed by atoms with Crippen molar-refractivity contribution in [2.45, 2.75) is 13.2 Å². The van der Waals surface area contributed by atoms with Crippen LogP contribution in [0.4, 0.5) is 0 Å². The predicted molar refractivity (Wildman–Crippen MR) is 119 cm³/mol. The molecule has 0 saturated carbocycles. The van der Waals surface area contributed by atoms with E-state index in [1.54, 1.807) is 0 Å². The molecule has 0 N–H and O–H groups in total. The van der Waals surface area contributed by atoms with Gasteiger partial charge in [0.05, 0.1) is 0 Å². The highest BCUT2D eigenvalue weighted by atomic mass is 16.5. The largest absolute Gasteiger partial charge is 0.473 e. The van der Waals surface area contributed by atoms with E-state index in [0.29, 0.717) is 25.0 Å². The molecular formula is C27H21NO2. The average Bonchev–Trinajstić information content (AvgIpc) is 2.83. The summed E-state index contributed by atoms with van der Waals surface area (Å²) in [6, 6.07) is 31.5. The molecule has 0 radical (unpaired) electrons. The number of terminal acetylenes is 1. The number of hydrogen-bond acceptors (Lipinski definition) is 3. The van der Waals surface area contributed by atoms with Gasteiger partial charge in [-0.3, -0.25) is 0 Å². The predicted octanol–water partition coefficient (Wildman–Crippen LogP) is 5.89. The lowest BCUT2D eigenvalue weighted by atomic mass is 10.0. The molecule has 0 amide bonds. The first-order chi connectivity index (χ1) is 14.8. The fourth-order valence-electron chi connectivity index (χ4n) is 3.12. The molecule has 3 nitrogen and oxygen atoms in total. The van der Waals surface area contributed by atoms with Crippen LogP contribution in [0.2, 0.25) is 0 Å². The van der Waals surface area contributed by atoms with Crippen molar-refractivity contribution in [3.63, 3.8) is 0 Å². The van der Waals surface area contributed by atoms with Gasteiger partial charge >= 0.3 is 0 Å². The third-order valence-corrected chi connectivity index (χ3v) is 4.66. The van der Waals surface area contributed by atoms with Crippen LogP contribution in [0.3, 0.4) is 0 Å². The van der Waals surface area contributed by atoms with Gasteiger partial charge < -0.3 is 9.47 Å². The molecule has 146 valence electrons. The molecule has 0 aliphatic heterocycles. The Morgan fingerprint density at radius 2 is 1.23 bits per heavy atom. The molecule has 4 rings (SSSR count). The maximum absolute atomic E-state index is 6.11. The first-order valence-corrected chi connectivity index (χ1v) is 9.74. The second kappa shape index (κ2) is 9.45. The van der Waals surface area contributed by atoms with E-state index in [2.05, 4.69) is 10.9 Å². The topological polar surface area (TPSA) is 31.4 Å². The third-order valence-electron chi connectivity index (χ3n) is 4.66. The SMILES string of the molecule is C#Cc1ccccc1-c1ccc(OCc2ccccc2)nc1OCc1ccccc1. The summed E-state index contributed by atoms with van der Waals surface area (Å²) in [5.74, 6) is 3.74. The van der Waals surface area contributed by atoms with E-state index in [-0.39, 0.29) is 0 Å². The Kier molecular flexibility index (Phi) is 6.08. The van der Waals surface area contributed by atoms with Gasteiger partial charge in [0.15, 0.2) is 0 Å². The Morgan fingerprint density at radius 1 is 0.633 bits per heavy atom. The quantitative estimate of drug-likeness (QED) is 0.368. The van der Waals surface area contributed by atoms with Crippen LogP contribution in [-0.2, 0) is 13.2 Å². The number of nitrogens with zero attached hydrogens (tertiary/aromatic N) is 1. The van der Waals surface area contributed by atoms with E-state index in [1.807, 2.05) is 97.1 Å². The molecule has 4 aromatic rings. The van der Waals surface area contributed by atoms with Crippen LogP contribution in [0.15, 0.2) is 97.1 Å². The summed E-state index contributed by atoms with van der Waals surface area (Å²) in [7, 11) is 0. The van der Waals surface area contributed by atoms with E-state index in [4.69, 9.17) is 15.9 Å². The van der Waals surface area contributed by atoms with Crippen molar-refractivity contribution in [3.05, 3.63) is 114 Å². The molecular weight excluding hydrogens is 370 g/mol. The van der Waals surface area contributed by atoms with Crippen LogP contribution in [0.1, 0.15) is 16.7 Å². The molecule has 0 bridgehead atoms. The number of hydrogen-bond donors (Lipinski definition) is 0. The van der Waals surface area contributed by atoms with Crippen molar-refractivity contribution < 1.29 is 9.47 Å². The summed E-state index contributed by atoms with van der Waals surface area (Å²) in [6.45, 7) is 0.841. The summed E-state index contributed by atoms with van der Waals surface area (Å²) >= 11 is 0. The van der Waals surface area contributed by atoms with Crippen LogP contribution >= 0.6 is 0 Å². The van der Waals surface area contributed by atoms with Crippen LogP contribution in [0.25, 0.3) is 11.1 Å². The second-order valence-electron chi connectivity index (χ2n) is 6.74. The Morgan fingerprint density at radius 3 is 1.90 bits per heavy atom. The summed E-state index contributed by atoms with van der Waals surface area (Å²) < 4.78 is 12.0. The zero-order valence-electron chi connectivity index (χ0n) is 16.5. The first kappa shape index (κ1) is 19.3. The summed E-state index contributed by atoms with van der Waals surface area (Å²) in [5, 5.41) is 0. The molecule has 3 heteroatoms. The molecule has 1 aromatic heterocycles. The van der Waals surface area contributed by atoms with Gasteiger partial charge in [-0.15, -0.1) is 6.42 Å². The standard InChI is InChI=1S/C27H21NO2/c1-2-23-15-9-10-16-24(23)25-17-18-26(29-19-21-11-5-3-6-12-21)28-27(25)30-20-22-13-7-4-8-14-22/h1,3-18H,19-20H2. The third kappa shape index (κ3) is 4.68. The molecule has 0 aliphatic carbocycles. The van der Waals surface area contributed by atoms with Gasteiger partial charge in [-0.25, -0.2) is 0 Å². The van der Waals surface area contributed by atoms with Crippen LogP contribution < -0.4 is 9.47 Å². The van der Waals surface area contributed by atoms with Crippen LogP contribution in [0.5, 0.6) is 11.8 Å². The van der Waals surface area contributed by atoms with Crippen molar-refractivity contribution in [2.75, 3.05) is 0 Å². The van der Waals surface area contributed by atoms with Gasteiger partial charge in [-0.05, 0) is 23.3 Å². The lowest BCUT2D eigenvalue weighted by molar-refractivity contribution is 0.268. The highest BCUT2D eigenvalue weighted by Gasteiger charge is 2.13. The maximum Gasteiger partial charge on any atom is 0.225 e. The van der Waals surface area contributed by atoms with Gasteiger partial charge in [0, 0.05) is 22.8 Å². The highest BCUT2D eigenvalue weighted by molar-refractivity contribution is 5.75. The lowest BCUT2D eigenvalue weighted by Gasteiger charge is -2.14. The minimum atomic E-state index is 0.404. The fraction of sp³-hybridized carbons (Fsp3) is 0.0741. The van der Waals surface area contributed by atoms with Crippen molar-refractivity contribution in [1.82, 2.24) is 4.98 Å². The second-order valence-corrected chi connectivity index (χ2v) is 6.74. The average molecular weight is 391 g/mol. The van der Waals surface area contributed by atoms with E-state index < -0.39 is 0 Å². The maximum atomic E-state index is 6.11. The van der Waals surface area contributed by atoms with Crippen molar-refractivity contribution >= 4 is 0 Å². The van der Waals surface area contributed by atoms with Gasteiger partial charge in [0.2, 0.25) is 11.8 Å². The lowest BCUT2D eigenvalue weighted by Crippen LogP contribution is -2.02. The van der Waals surface area contributed by atoms with E-state index >= 15 is 0 Å². The van der Waals surface area contributed by atoms with Gasteiger partial charge in [0.1, 0.15) is 13.2 Å². The van der Waals surface area contributed by atoms with Crippen LogP contribution in [-0.4, -0.2) is 4.98 Å². The van der Waals surface area contributed by atoms with Crippen molar-refractivity contribution in [3.8, 4) is 35.2 Å². The van der Waals surface area contributed by atoms with E-state index in [1.165, 1.54) is 0 Å². The zero-order valence-corrected chi connectivity index (χ0v) is 16.5. The van der Waals surface area contributed by atoms with Gasteiger partial charge in [-0.2, -0.15) is 4.98 Å². The number of benzene rings is 3. The fourth-order valence-corrected chi connectivity index (χ4v) is 3.12. The smallest absolute Gasteiger partial charge is 0.225 e. The first-order valence-electron chi connectivity index (χ1n) is 9.74. The minimum absolute atomic E-state index is 0.404. The van der Waals surface area contributed by atoms with Gasteiger partial charge in [-0.1, -0.05) is 84.8 Å². The number of ether oxygens (including phenoxy) is 2. The molecule has 0 atom stereocenters. The van der Waals surface area contributed by atoms with Crippen molar-refractivity contribution in [1.29, 1.82) is 0 Å². The Balaban J connectivity index is 1.63. The monoisotopic (exact) mass is 391 g/mol. The Labute approximate surface area is 177 Å². The van der Waals surface area contributed by atoms with E-state index in [0.717, 1.165) is 27.8 Å².